The zero-order valence-electron chi connectivity index (χ0n) is 16.8. The summed E-state index contributed by atoms with van der Waals surface area (Å²) in [5.41, 5.74) is 0.280. The predicted molar refractivity (Wildman–Crippen MR) is 103 cm³/mol. The van der Waals surface area contributed by atoms with E-state index in [1.165, 1.54) is 32.5 Å². The second-order valence-corrected chi connectivity index (χ2v) is 9.53. The smallest absolute Gasteiger partial charge is 0.0897 e. The number of aliphatic hydroxyl groups is 2. The maximum atomic E-state index is 9.74. The lowest BCUT2D eigenvalue weighted by atomic mass is 9.86. The number of hydrogen-bond acceptors (Lipinski definition) is 6. The molecule has 0 saturated carbocycles. The first-order valence-corrected chi connectivity index (χ1v) is 10.5. The normalized spacial score (nSPS) is 27.2. The van der Waals surface area contributed by atoms with E-state index >= 15 is 0 Å². The standard InChI is InChI=1S/C20H39N3O3/c1-19(2,15-21-7-3-4-8-21)16-22-9-5-20(6-10-22)17-23(11-12-26-20)13-18(25)14-24/h18,24-25H,3-17H2,1-2H3. The van der Waals surface area contributed by atoms with E-state index in [2.05, 4.69) is 28.5 Å². The van der Waals surface area contributed by atoms with Gasteiger partial charge in [0.2, 0.25) is 0 Å². The van der Waals surface area contributed by atoms with Gasteiger partial charge in [0, 0.05) is 45.8 Å². The van der Waals surface area contributed by atoms with Gasteiger partial charge in [-0.15, -0.1) is 0 Å². The van der Waals surface area contributed by atoms with Gasteiger partial charge in [-0.2, -0.15) is 0 Å². The SMILES string of the molecule is CC(C)(CN1CCCC1)CN1CCC2(CC1)CN(CC(O)CO)CCO2. The van der Waals surface area contributed by atoms with E-state index in [1.807, 2.05) is 0 Å². The maximum absolute atomic E-state index is 9.74. The van der Waals surface area contributed by atoms with E-state index in [0.29, 0.717) is 12.0 Å². The van der Waals surface area contributed by atoms with Crippen LogP contribution in [0.15, 0.2) is 0 Å². The van der Waals surface area contributed by atoms with Gasteiger partial charge in [0.15, 0.2) is 0 Å². The highest BCUT2D eigenvalue weighted by atomic mass is 16.5. The first-order valence-electron chi connectivity index (χ1n) is 10.5. The summed E-state index contributed by atoms with van der Waals surface area (Å²) in [6.45, 7) is 14.8. The third-order valence-electron chi connectivity index (χ3n) is 6.28. The number of morpholine rings is 1. The molecule has 3 aliphatic rings. The van der Waals surface area contributed by atoms with Crippen molar-refractivity contribution in [3.05, 3.63) is 0 Å². The van der Waals surface area contributed by atoms with Crippen molar-refractivity contribution in [3.8, 4) is 0 Å². The summed E-state index contributed by atoms with van der Waals surface area (Å²) >= 11 is 0. The van der Waals surface area contributed by atoms with Gasteiger partial charge in [-0.25, -0.2) is 0 Å². The highest BCUT2D eigenvalue weighted by molar-refractivity contribution is 4.94. The lowest BCUT2D eigenvalue weighted by molar-refractivity contribution is -0.142. The number of rotatable bonds is 7. The van der Waals surface area contributed by atoms with Crippen molar-refractivity contribution in [2.24, 2.45) is 5.41 Å². The summed E-state index contributed by atoms with van der Waals surface area (Å²) in [6.07, 6.45) is 4.22. The molecule has 1 unspecified atom stereocenters. The van der Waals surface area contributed by atoms with Crippen LogP contribution in [-0.4, -0.2) is 109 Å². The molecule has 1 atom stereocenters. The topological polar surface area (TPSA) is 59.4 Å². The molecule has 0 bridgehead atoms. The Kier molecular flexibility index (Phi) is 6.97. The summed E-state index contributed by atoms with van der Waals surface area (Å²) < 4.78 is 6.22. The highest BCUT2D eigenvalue weighted by Gasteiger charge is 2.40. The van der Waals surface area contributed by atoms with Crippen LogP contribution in [0.3, 0.4) is 0 Å². The number of β-amino-alcohol motifs (C(OH)–C–C–N with tert-alkyl or cyclic N) is 1. The van der Waals surface area contributed by atoms with Crippen LogP contribution >= 0.6 is 0 Å². The lowest BCUT2D eigenvalue weighted by Gasteiger charge is -2.48. The molecule has 0 aromatic heterocycles. The zero-order valence-corrected chi connectivity index (χ0v) is 16.8. The second kappa shape index (κ2) is 8.84. The van der Waals surface area contributed by atoms with Crippen LogP contribution < -0.4 is 0 Å². The molecule has 3 fully saturated rings. The number of nitrogens with zero attached hydrogens (tertiary/aromatic N) is 3. The Balaban J connectivity index is 1.45. The van der Waals surface area contributed by atoms with E-state index in [1.54, 1.807) is 0 Å². The molecule has 6 nitrogen and oxygen atoms in total. The third-order valence-corrected chi connectivity index (χ3v) is 6.28. The van der Waals surface area contributed by atoms with Crippen molar-refractivity contribution in [3.63, 3.8) is 0 Å². The average Bonchev–Trinajstić information content (AvgIpc) is 3.09. The largest absolute Gasteiger partial charge is 0.394 e. The van der Waals surface area contributed by atoms with E-state index in [0.717, 1.165) is 52.2 Å². The Hall–Kier alpha value is -0.240. The minimum Gasteiger partial charge on any atom is -0.394 e. The van der Waals surface area contributed by atoms with Gasteiger partial charge in [-0.1, -0.05) is 13.8 Å². The van der Waals surface area contributed by atoms with Crippen molar-refractivity contribution in [2.45, 2.75) is 51.2 Å². The van der Waals surface area contributed by atoms with E-state index in [4.69, 9.17) is 9.84 Å². The van der Waals surface area contributed by atoms with Crippen molar-refractivity contribution in [1.29, 1.82) is 0 Å². The van der Waals surface area contributed by atoms with Crippen LogP contribution in [0.5, 0.6) is 0 Å². The highest BCUT2D eigenvalue weighted by Crippen LogP contribution is 2.32. The van der Waals surface area contributed by atoms with Gasteiger partial charge in [0.25, 0.3) is 0 Å². The average molecular weight is 370 g/mol. The molecule has 1 spiro atoms. The minimum absolute atomic E-state index is 0.0526. The molecule has 152 valence electrons. The lowest BCUT2D eigenvalue weighted by Crippen LogP contribution is -2.58. The Morgan fingerprint density at radius 2 is 1.58 bits per heavy atom. The number of aliphatic hydroxyl groups excluding tert-OH is 2. The van der Waals surface area contributed by atoms with Crippen LogP contribution in [0.2, 0.25) is 0 Å². The Morgan fingerprint density at radius 3 is 2.19 bits per heavy atom. The van der Waals surface area contributed by atoms with Gasteiger partial charge >= 0.3 is 0 Å². The monoisotopic (exact) mass is 369 g/mol. The fourth-order valence-corrected chi connectivity index (χ4v) is 5.06. The van der Waals surface area contributed by atoms with Crippen molar-refractivity contribution >= 4 is 0 Å². The first kappa shape index (κ1) is 20.5. The third kappa shape index (κ3) is 5.63. The summed E-state index contributed by atoms with van der Waals surface area (Å²) in [4.78, 5) is 7.50. The van der Waals surface area contributed by atoms with Gasteiger partial charge in [0.05, 0.1) is 24.9 Å². The van der Waals surface area contributed by atoms with E-state index < -0.39 is 6.10 Å². The fraction of sp³-hybridized carbons (Fsp3) is 1.00. The molecule has 3 saturated heterocycles. The molecular formula is C20H39N3O3. The summed E-state index contributed by atoms with van der Waals surface area (Å²) in [5.74, 6) is 0. The number of hydrogen-bond donors (Lipinski definition) is 2. The van der Waals surface area contributed by atoms with Crippen molar-refractivity contribution in [2.75, 3.05) is 72.1 Å². The Morgan fingerprint density at radius 1 is 0.962 bits per heavy atom. The first-order chi connectivity index (χ1) is 12.4. The molecule has 0 aliphatic carbocycles. The van der Waals surface area contributed by atoms with E-state index in [9.17, 15) is 5.11 Å². The van der Waals surface area contributed by atoms with Crippen LogP contribution in [0, 0.1) is 5.41 Å². The number of likely N-dealkylation sites (tertiary alicyclic amines) is 2. The number of ether oxygens (including phenoxy) is 1. The molecule has 0 aromatic rings. The molecule has 6 heteroatoms. The van der Waals surface area contributed by atoms with Crippen LogP contribution in [0.4, 0.5) is 0 Å². The fourth-order valence-electron chi connectivity index (χ4n) is 5.06. The number of piperidine rings is 1. The molecule has 3 heterocycles. The van der Waals surface area contributed by atoms with Crippen molar-refractivity contribution in [1.82, 2.24) is 14.7 Å². The van der Waals surface area contributed by atoms with E-state index in [-0.39, 0.29) is 12.2 Å². The molecule has 2 N–H and O–H groups in total. The van der Waals surface area contributed by atoms with Crippen molar-refractivity contribution < 1.29 is 14.9 Å². The molecule has 0 radical (unpaired) electrons. The molecular weight excluding hydrogens is 330 g/mol. The van der Waals surface area contributed by atoms with Gasteiger partial charge in [-0.3, -0.25) is 4.90 Å². The quantitative estimate of drug-likeness (QED) is 0.686. The van der Waals surface area contributed by atoms with Gasteiger partial charge < -0.3 is 24.7 Å². The zero-order chi connectivity index (χ0) is 18.6. The van der Waals surface area contributed by atoms with Crippen LogP contribution in [0.25, 0.3) is 0 Å². The second-order valence-electron chi connectivity index (χ2n) is 9.53. The molecule has 3 aliphatic heterocycles. The van der Waals surface area contributed by atoms with Crippen LogP contribution in [0.1, 0.15) is 39.5 Å². The molecule has 0 aromatic carbocycles. The Bertz CT molecular complexity index is 432. The molecule has 26 heavy (non-hydrogen) atoms. The Labute approximate surface area is 159 Å². The van der Waals surface area contributed by atoms with Gasteiger partial charge in [-0.05, 0) is 44.2 Å². The molecule has 0 amide bonds. The van der Waals surface area contributed by atoms with Crippen LogP contribution in [-0.2, 0) is 4.74 Å². The predicted octanol–water partition coefficient (Wildman–Crippen LogP) is 0.628. The minimum atomic E-state index is -0.642. The summed E-state index contributed by atoms with van der Waals surface area (Å²) in [5, 5.41) is 18.8. The summed E-state index contributed by atoms with van der Waals surface area (Å²) in [6, 6.07) is 0. The molecule has 3 rings (SSSR count). The summed E-state index contributed by atoms with van der Waals surface area (Å²) in [7, 11) is 0. The van der Waals surface area contributed by atoms with Gasteiger partial charge in [0.1, 0.15) is 0 Å². The maximum Gasteiger partial charge on any atom is 0.0897 e.